The van der Waals surface area contributed by atoms with Crippen molar-refractivity contribution in [2.24, 2.45) is 0 Å². The summed E-state index contributed by atoms with van der Waals surface area (Å²) in [5.74, 6) is -0.178. The summed E-state index contributed by atoms with van der Waals surface area (Å²) < 4.78 is 0. The van der Waals surface area contributed by atoms with Gasteiger partial charge in [-0.15, -0.1) is 11.3 Å². The van der Waals surface area contributed by atoms with E-state index in [-0.39, 0.29) is 24.4 Å². The van der Waals surface area contributed by atoms with Crippen LogP contribution < -0.4 is 16.0 Å². The van der Waals surface area contributed by atoms with Gasteiger partial charge in [-0.3, -0.25) is 14.5 Å². The molecule has 1 aromatic rings. The van der Waals surface area contributed by atoms with Crippen LogP contribution in [0.1, 0.15) is 12.6 Å². The van der Waals surface area contributed by atoms with Gasteiger partial charge in [0.25, 0.3) is 0 Å². The molecule has 1 unspecified atom stereocenters. The smallest absolute Gasteiger partial charge is 0.240 e. The van der Waals surface area contributed by atoms with Crippen LogP contribution in [0.25, 0.3) is 0 Å². The number of amides is 2. The Hall–Kier alpha value is -1.51. The summed E-state index contributed by atoms with van der Waals surface area (Å²) in [4.78, 5) is 30.2. The van der Waals surface area contributed by atoms with E-state index < -0.39 is 0 Å². The predicted molar refractivity (Wildman–Crippen MR) is 82.4 cm³/mol. The number of rotatable bonds is 5. The standard InChI is InChI=1S/C13H21N5O2S/c1-3-15-12(20)10-6-14-4-5-18(10)7-11(19)17-13-16-9(2)8-21-13/h8,10,14H,3-7H2,1-2H3,(H,15,20)(H,16,17,19). The number of carbonyl (C=O) groups excluding carboxylic acids is 2. The third-order valence-electron chi connectivity index (χ3n) is 3.22. The number of piperazine rings is 1. The third kappa shape index (κ3) is 4.48. The molecule has 0 saturated carbocycles. The van der Waals surface area contributed by atoms with Gasteiger partial charge in [-0.2, -0.15) is 0 Å². The van der Waals surface area contributed by atoms with Crippen molar-refractivity contribution < 1.29 is 9.59 Å². The first-order valence-electron chi connectivity index (χ1n) is 7.04. The molecule has 0 aromatic carbocycles. The third-order valence-corrected chi connectivity index (χ3v) is 4.10. The largest absolute Gasteiger partial charge is 0.355 e. The molecule has 0 aliphatic carbocycles. The minimum atomic E-state index is -0.303. The normalized spacial score (nSPS) is 19.2. The average Bonchev–Trinajstić information content (AvgIpc) is 2.84. The van der Waals surface area contributed by atoms with Crippen LogP contribution in [0.4, 0.5) is 5.13 Å². The fourth-order valence-corrected chi connectivity index (χ4v) is 2.95. The lowest BCUT2D eigenvalue weighted by atomic mass is 10.1. The number of anilines is 1. The number of aromatic nitrogens is 1. The molecule has 1 aromatic heterocycles. The van der Waals surface area contributed by atoms with E-state index in [1.54, 1.807) is 0 Å². The van der Waals surface area contributed by atoms with Gasteiger partial charge in [0.05, 0.1) is 12.2 Å². The van der Waals surface area contributed by atoms with Gasteiger partial charge in [0, 0.05) is 31.6 Å². The molecule has 0 bridgehead atoms. The molecule has 116 valence electrons. The number of carbonyl (C=O) groups is 2. The fourth-order valence-electron chi connectivity index (χ4n) is 2.24. The number of hydrogen-bond acceptors (Lipinski definition) is 6. The molecule has 8 heteroatoms. The van der Waals surface area contributed by atoms with Crippen molar-refractivity contribution in [2.45, 2.75) is 19.9 Å². The zero-order chi connectivity index (χ0) is 15.2. The Balaban J connectivity index is 1.92. The van der Waals surface area contributed by atoms with Crippen LogP contribution in [-0.2, 0) is 9.59 Å². The van der Waals surface area contributed by atoms with E-state index in [0.29, 0.717) is 24.8 Å². The molecule has 1 aliphatic heterocycles. The van der Waals surface area contributed by atoms with Crippen LogP contribution in [0.2, 0.25) is 0 Å². The highest BCUT2D eigenvalue weighted by atomic mass is 32.1. The van der Waals surface area contributed by atoms with E-state index in [2.05, 4.69) is 20.9 Å². The van der Waals surface area contributed by atoms with Gasteiger partial charge in [0.2, 0.25) is 11.8 Å². The Bertz CT molecular complexity index is 505. The second-order valence-corrected chi connectivity index (χ2v) is 5.79. The van der Waals surface area contributed by atoms with Crippen LogP contribution in [0.15, 0.2) is 5.38 Å². The topological polar surface area (TPSA) is 86.4 Å². The highest BCUT2D eigenvalue weighted by Gasteiger charge is 2.29. The molecule has 7 nitrogen and oxygen atoms in total. The molecular weight excluding hydrogens is 290 g/mol. The Morgan fingerprint density at radius 3 is 3.05 bits per heavy atom. The Kier molecular flexibility index (Phi) is 5.66. The van der Waals surface area contributed by atoms with Crippen LogP contribution in [0.5, 0.6) is 0 Å². The van der Waals surface area contributed by atoms with Crippen molar-refractivity contribution in [1.29, 1.82) is 0 Å². The Labute approximate surface area is 128 Å². The lowest BCUT2D eigenvalue weighted by molar-refractivity contribution is -0.128. The van der Waals surface area contributed by atoms with E-state index in [1.807, 2.05) is 24.1 Å². The molecule has 0 spiro atoms. The molecule has 2 rings (SSSR count). The van der Waals surface area contributed by atoms with E-state index in [0.717, 1.165) is 12.2 Å². The van der Waals surface area contributed by atoms with Crippen molar-refractivity contribution in [1.82, 2.24) is 20.5 Å². The molecule has 0 radical (unpaired) electrons. The lowest BCUT2D eigenvalue weighted by Crippen LogP contribution is -2.59. The summed E-state index contributed by atoms with van der Waals surface area (Å²) in [5, 5.41) is 11.3. The van der Waals surface area contributed by atoms with Crippen molar-refractivity contribution in [3.05, 3.63) is 11.1 Å². The molecule has 3 N–H and O–H groups in total. The van der Waals surface area contributed by atoms with Gasteiger partial charge in [0.1, 0.15) is 6.04 Å². The van der Waals surface area contributed by atoms with Crippen LogP contribution >= 0.6 is 11.3 Å². The zero-order valence-corrected chi connectivity index (χ0v) is 13.1. The second kappa shape index (κ2) is 7.48. The zero-order valence-electron chi connectivity index (χ0n) is 12.3. The number of aryl methyl sites for hydroxylation is 1. The monoisotopic (exact) mass is 311 g/mol. The van der Waals surface area contributed by atoms with Crippen LogP contribution in [0.3, 0.4) is 0 Å². The average molecular weight is 311 g/mol. The van der Waals surface area contributed by atoms with Gasteiger partial charge in [-0.05, 0) is 13.8 Å². The van der Waals surface area contributed by atoms with Crippen molar-refractivity contribution in [3.63, 3.8) is 0 Å². The minimum absolute atomic E-state index is 0.0393. The van der Waals surface area contributed by atoms with E-state index in [4.69, 9.17) is 0 Å². The van der Waals surface area contributed by atoms with Crippen LogP contribution in [0, 0.1) is 6.92 Å². The molecule has 1 fully saturated rings. The highest BCUT2D eigenvalue weighted by molar-refractivity contribution is 7.13. The number of likely N-dealkylation sites (N-methyl/N-ethyl adjacent to an activating group) is 1. The lowest BCUT2D eigenvalue weighted by Gasteiger charge is -2.34. The minimum Gasteiger partial charge on any atom is -0.355 e. The maximum absolute atomic E-state index is 12.1. The first-order chi connectivity index (χ1) is 10.1. The first kappa shape index (κ1) is 15.9. The van der Waals surface area contributed by atoms with Crippen molar-refractivity contribution in [2.75, 3.05) is 38.0 Å². The van der Waals surface area contributed by atoms with E-state index in [9.17, 15) is 9.59 Å². The van der Waals surface area contributed by atoms with Gasteiger partial charge < -0.3 is 16.0 Å². The highest BCUT2D eigenvalue weighted by Crippen LogP contribution is 2.14. The summed E-state index contributed by atoms with van der Waals surface area (Å²) in [5.41, 5.74) is 0.887. The summed E-state index contributed by atoms with van der Waals surface area (Å²) in [6, 6.07) is -0.303. The van der Waals surface area contributed by atoms with Crippen LogP contribution in [-0.4, -0.2) is 60.5 Å². The summed E-state index contributed by atoms with van der Waals surface area (Å²) >= 11 is 1.40. The second-order valence-electron chi connectivity index (χ2n) is 4.93. The van der Waals surface area contributed by atoms with Crippen molar-refractivity contribution in [3.8, 4) is 0 Å². The number of nitrogens with one attached hydrogen (secondary N) is 3. The van der Waals surface area contributed by atoms with E-state index >= 15 is 0 Å². The van der Waals surface area contributed by atoms with Gasteiger partial charge in [-0.25, -0.2) is 4.98 Å². The molecule has 2 heterocycles. The molecule has 21 heavy (non-hydrogen) atoms. The summed E-state index contributed by atoms with van der Waals surface area (Å²) in [6.07, 6.45) is 0. The van der Waals surface area contributed by atoms with Gasteiger partial charge >= 0.3 is 0 Å². The SMILES string of the molecule is CCNC(=O)C1CNCCN1CC(=O)Nc1nc(C)cs1. The molecule has 2 amide bonds. The molecule has 1 atom stereocenters. The Morgan fingerprint density at radius 1 is 1.57 bits per heavy atom. The van der Waals surface area contributed by atoms with E-state index in [1.165, 1.54) is 11.3 Å². The Morgan fingerprint density at radius 2 is 2.38 bits per heavy atom. The number of thiazole rings is 1. The summed E-state index contributed by atoms with van der Waals surface area (Å²) in [6.45, 7) is 6.57. The molecular formula is C13H21N5O2S. The van der Waals surface area contributed by atoms with Gasteiger partial charge in [-0.1, -0.05) is 0 Å². The number of hydrogen-bond donors (Lipinski definition) is 3. The number of nitrogens with zero attached hydrogens (tertiary/aromatic N) is 2. The maximum Gasteiger partial charge on any atom is 0.240 e. The predicted octanol–water partition coefficient (Wildman–Crippen LogP) is -0.200. The molecule has 1 aliphatic rings. The van der Waals surface area contributed by atoms with Gasteiger partial charge in [0.15, 0.2) is 5.13 Å². The fraction of sp³-hybridized carbons (Fsp3) is 0.615. The molecule has 1 saturated heterocycles. The quantitative estimate of drug-likeness (QED) is 0.701. The first-order valence-corrected chi connectivity index (χ1v) is 7.92. The maximum atomic E-state index is 12.1. The van der Waals surface area contributed by atoms with Crippen molar-refractivity contribution >= 4 is 28.3 Å². The summed E-state index contributed by atoms with van der Waals surface area (Å²) in [7, 11) is 0.